The number of halogens is 1. The molecule has 1 N–H and O–H groups in total. The van der Waals surface area contributed by atoms with Crippen molar-refractivity contribution < 1.29 is 5.21 Å². The summed E-state index contributed by atoms with van der Waals surface area (Å²) in [6.07, 6.45) is 11.4. The van der Waals surface area contributed by atoms with E-state index in [9.17, 15) is 5.21 Å². The smallest absolute Gasteiger partial charge is 0.0632 e. The molecule has 0 aliphatic heterocycles. The molecule has 0 radical (unpaired) electrons. The second-order valence-corrected chi connectivity index (χ2v) is 9.69. The van der Waals surface area contributed by atoms with Gasteiger partial charge in [-0.3, -0.25) is 0 Å². The minimum absolute atomic E-state index is 0.183. The maximum atomic E-state index is 9.41. The first-order valence-corrected chi connectivity index (χ1v) is 9.78. The van der Waals surface area contributed by atoms with Gasteiger partial charge in [0.05, 0.1) is 5.71 Å². The zero-order valence-corrected chi connectivity index (χ0v) is 14.8. The van der Waals surface area contributed by atoms with E-state index >= 15 is 0 Å². The highest BCUT2D eigenvalue weighted by atomic mass is 35.5. The van der Waals surface area contributed by atoms with Crippen LogP contribution in [-0.4, -0.2) is 16.3 Å². The van der Waals surface area contributed by atoms with Crippen molar-refractivity contribution >= 4 is 17.3 Å². The summed E-state index contributed by atoms with van der Waals surface area (Å²) in [5.41, 5.74) is 1.80. The lowest BCUT2D eigenvalue weighted by atomic mass is 9.45. The van der Waals surface area contributed by atoms with Gasteiger partial charge in [0.1, 0.15) is 0 Å². The summed E-state index contributed by atoms with van der Waals surface area (Å²) in [7, 11) is 0. The van der Waals surface area contributed by atoms with Crippen LogP contribution in [0.2, 0.25) is 0 Å². The van der Waals surface area contributed by atoms with Gasteiger partial charge in [-0.25, -0.2) is 0 Å². The van der Waals surface area contributed by atoms with E-state index in [4.69, 9.17) is 11.6 Å². The molecule has 0 aromatic carbocycles. The topological polar surface area (TPSA) is 32.6 Å². The van der Waals surface area contributed by atoms with Gasteiger partial charge in [0, 0.05) is 10.8 Å². The minimum Gasteiger partial charge on any atom is -0.411 e. The number of hydrogen-bond acceptors (Lipinski definition) is 2. The van der Waals surface area contributed by atoms with E-state index in [-0.39, 0.29) is 5.41 Å². The largest absolute Gasteiger partial charge is 0.411 e. The molecule has 0 aromatic heterocycles. The fourth-order valence-electron chi connectivity index (χ4n) is 7.16. The second kappa shape index (κ2) is 5.13. The molecule has 0 unspecified atom stereocenters. The van der Waals surface area contributed by atoms with Gasteiger partial charge in [0.2, 0.25) is 0 Å². The number of nitrogens with zero attached hydrogens (tertiary/aromatic N) is 1. The van der Waals surface area contributed by atoms with Crippen molar-refractivity contribution in [3.8, 4) is 0 Å². The van der Waals surface area contributed by atoms with Gasteiger partial charge in [0.25, 0.3) is 0 Å². The predicted molar refractivity (Wildman–Crippen MR) is 90.6 cm³/mol. The zero-order chi connectivity index (χ0) is 15.5. The van der Waals surface area contributed by atoms with E-state index in [2.05, 4.69) is 19.0 Å². The standard InChI is InChI=1S/C19H30ClNO/c1-18-9-7-13(20)11-12(18)3-4-14-15-5-6-17(21-22)19(15,2)10-8-16(14)18/h12-16,22H,3-11H2,1-2H3/t12-,13+,14-,15-,16-,18-,19-/m0/s1. The van der Waals surface area contributed by atoms with Crippen LogP contribution in [0.25, 0.3) is 0 Å². The molecule has 0 bridgehead atoms. The van der Waals surface area contributed by atoms with E-state index in [1.54, 1.807) is 0 Å². The molecule has 4 aliphatic rings. The highest BCUT2D eigenvalue weighted by Crippen LogP contribution is 2.65. The lowest BCUT2D eigenvalue weighted by Crippen LogP contribution is -2.53. The Balaban J connectivity index is 1.63. The summed E-state index contributed by atoms with van der Waals surface area (Å²) in [6, 6.07) is 0. The number of fused-ring (bicyclic) bond motifs is 5. The number of rotatable bonds is 0. The van der Waals surface area contributed by atoms with Gasteiger partial charge in [-0.2, -0.15) is 0 Å². The molecule has 0 spiro atoms. The fraction of sp³-hybridized carbons (Fsp3) is 0.947. The SMILES string of the molecule is C[C@]12CC[C@@H](Cl)C[C@@H]1CC[C@@H]1[C@@H]2CC[C@]2(C)C(=NO)CC[C@@H]12. The Hall–Kier alpha value is -0.240. The molecule has 4 rings (SSSR count). The van der Waals surface area contributed by atoms with E-state index in [1.165, 1.54) is 51.4 Å². The Morgan fingerprint density at radius 3 is 2.64 bits per heavy atom. The summed E-state index contributed by atoms with van der Waals surface area (Å²) >= 11 is 6.48. The molecule has 2 nitrogen and oxygen atoms in total. The first-order valence-electron chi connectivity index (χ1n) is 9.34. The minimum atomic E-state index is 0.183. The van der Waals surface area contributed by atoms with Crippen molar-refractivity contribution in [3.05, 3.63) is 0 Å². The summed E-state index contributed by atoms with van der Waals surface area (Å²) in [4.78, 5) is 0. The van der Waals surface area contributed by atoms with Crippen molar-refractivity contribution in [3.63, 3.8) is 0 Å². The average Bonchev–Trinajstić information content (AvgIpc) is 2.84. The summed E-state index contributed by atoms with van der Waals surface area (Å²) in [5.74, 6) is 3.34. The third-order valence-corrected chi connectivity index (χ3v) is 8.86. The van der Waals surface area contributed by atoms with Crippen LogP contribution in [0.1, 0.15) is 71.6 Å². The number of oxime groups is 1. The van der Waals surface area contributed by atoms with Gasteiger partial charge in [-0.1, -0.05) is 19.0 Å². The third kappa shape index (κ3) is 1.95. The van der Waals surface area contributed by atoms with E-state index < -0.39 is 0 Å². The monoisotopic (exact) mass is 323 g/mol. The number of alkyl halides is 1. The van der Waals surface area contributed by atoms with Crippen LogP contribution in [0, 0.1) is 34.5 Å². The molecule has 0 saturated heterocycles. The summed E-state index contributed by atoms with van der Waals surface area (Å²) in [6.45, 7) is 4.95. The lowest BCUT2D eigenvalue weighted by Gasteiger charge is -2.60. The quantitative estimate of drug-likeness (QED) is 0.358. The maximum Gasteiger partial charge on any atom is 0.0632 e. The van der Waals surface area contributed by atoms with Gasteiger partial charge in [-0.15, -0.1) is 11.6 Å². The van der Waals surface area contributed by atoms with Gasteiger partial charge in [0.15, 0.2) is 0 Å². The third-order valence-electron chi connectivity index (χ3n) is 8.46. The highest BCUT2D eigenvalue weighted by molar-refractivity contribution is 6.20. The van der Waals surface area contributed by atoms with Crippen LogP contribution >= 0.6 is 11.6 Å². The molecule has 0 amide bonds. The van der Waals surface area contributed by atoms with E-state index in [0.717, 1.165) is 35.8 Å². The molecule has 3 heteroatoms. The predicted octanol–water partition coefficient (Wildman–Crippen LogP) is 5.47. The van der Waals surface area contributed by atoms with Crippen molar-refractivity contribution in [2.75, 3.05) is 0 Å². The van der Waals surface area contributed by atoms with Crippen LogP contribution in [-0.2, 0) is 0 Å². The molecular weight excluding hydrogens is 294 g/mol. The van der Waals surface area contributed by atoms with E-state index in [1.807, 2.05) is 0 Å². The maximum absolute atomic E-state index is 9.41. The molecule has 0 heterocycles. The second-order valence-electron chi connectivity index (χ2n) is 9.07. The lowest BCUT2D eigenvalue weighted by molar-refractivity contribution is -0.0930. The summed E-state index contributed by atoms with van der Waals surface area (Å²) < 4.78 is 0. The first kappa shape index (κ1) is 15.3. The Bertz CT molecular complexity index is 492. The van der Waals surface area contributed by atoms with Crippen molar-refractivity contribution in [1.82, 2.24) is 0 Å². The van der Waals surface area contributed by atoms with Crippen LogP contribution in [0.3, 0.4) is 0 Å². The molecule has 0 aromatic rings. The highest BCUT2D eigenvalue weighted by Gasteiger charge is 2.59. The van der Waals surface area contributed by atoms with Gasteiger partial charge < -0.3 is 5.21 Å². The summed E-state index contributed by atoms with van der Waals surface area (Å²) in [5, 5.41) is 13.5. The molecule has 4 saturated carbocycles. The normalized spacial score (nSPS) is 56.3. The van der Waals surface area contributed by atoms with Gasteiger partial charge >= 0.3 is 0 Å². The molecule has 22 heavy (non-hydrogen) atoms. The van der Waals surface area contributed by atoms with Crippen molar-refractivity contribution in [1.29, 1.82) is 0 Å². The van der Waals surface area contributed by atoms with Crippen LogP contribution in [0.15, 0.2) is 5.16 Å². The average molecular weight is 324 g/mol. The molecule has 124 valence electrons. The van der Waals surface area contributed by atoms with Crippen LogP contribution in [0.5, 0.6) is 0 Å². The fourth-order valence-corrected chi connectivity index (χ4v) is 7.48. The zero-order valence-electron chi connectivity index (χ0n) is 14.0. The Kier molecular flexibility index (Phi) is 3.57. The molecular formula is C19H30ClNO. The van der Waals surface area contributed by atoms with Crippen molar-refractivity contribution in [2.24, 2.45) is 39.7 Å². The Morgan fingerprint density at radius 2 is 1.86 bits per heavy atom. The van der Waals surface area contributed by atoms with Gasteiger partial charge in [-0.05, 0) is 86.9 Å². The molecule has 4 fully saturated rings. The van der Waals surface area contributed by atoms with Crippen LogP contribution in [0.4, 0.5) is 0 Å². The van der Waals surface area contributed by atoms with E-state index in [0.29, 0.717) is 10.8 Å². The Labute approximate surface area is 139 Å². The first-order chi connectivity index (χ1) is 10.5. The van der Waals surface area contributed by atoms with Crippen LogP contribution < -0.4 is 0 Å². The molecule has 4 aliphatic carbocycles. The Morgan fingerprint density at radius 1 is 1.05 bits per heavy atom. The van der Waals surface area contributed by atoms with Crippen molar-refractivity contribution in [2.45, 2.75) is 77.0 Å². The number of hydrogen-bond donors (Lipinski definition) is 1. The molecule has 7 atom stereocenters.